The van der Waals surface area contributed by atoms with E-state index in [0.29, 0.717) is 12.3 Å². The molecule has 0 aliphatic heterocycles. The summed E-state index contributed by atoms with van der Waals surface area (Å²) in [6.07, 6.45) is 0. The van der Waals surface area contributed by atoms with Crippen molar-refractivity contribution in [1.82, 2.24) is 5.32 Å². The van der Waals surface area contributed by atoms with Crippen LogP contribution < -0.4 is 20.1 Å². The van der Waals surface area contributed by atoms with E-state index >= 15 is 0 Å². The van der Waals surface area contributed by atoms with E-state index < -0.39 is 4.92 Å². The molecule has 0 aliphatic rings. The summed E-state index contributed by atoms with van der Waals surface area (Å²) in [5, 5.41) is 16.3. The second-order valence-corrected chi connectivity index (χ2v) is 3.79. The van der Waals surface area contributed by atoms with Crippen molar-refractivity contribution in [3.8, 4) is 11.5 Å². The molecule has 0 saturated heterocycles. The molecule has 0 saturated carbocycles. The van der Waals surface area contributed by atoms with Gasteiger partial charge in [-0.1, -0.05) is 0 Å². The average Bonchev–Trinajstić information content (AvgIpc) is 2.44. The Bertz CT molecular complexity index is 504. The minimum absolute atomic E-state index is 0.0653. The Kier molecular flexibility index (Phi) is 5.57. The summed E-state index contributed by atoms with van der Waals surface area (Å²) in [5.74, 6) is 0.343. The Morgan fingerprint density at radius 1 is 1.30 bits per heavy atom. The van der Waals surface area contributed by atoms with Crippen molar-refractivity contribution in [2.45, 2.75) is 6.92 Å². The molecule has 0 aliphatic carbocycles. The molecule has 0 unspecified atom stereocenters. The summed E-state index contributed by atoms with van der Waals surface area (Å²) in [6, 6.07) is 2.68. The number of anilines is 1. The fraction of sp³-hybridized carbons (Fsp3) is 0.417. The molecule has 0 aromatic heterocycles. The topological polar surface area (TPSA) is 103 Å². The van der Waals surface area contributed by atoms with Crippen LogP contribution in [0.1, 0.15) is 6.92 Å². The van der Waals surface area contributed by atoms with Gasteiger partial charge in [-0.15, -0.1) is 0 Å². The summed E-state index contributed by atoms with van der Waals surface area (Å²) >= 11 is 0. The van der Waals surface area contributed by atoms with Crippen LogP contribution in [0, 0.1) is 10.1 Å². The molecule has 0 radical (unpaired) electrons. The summed E-state index contributed by atoms with van der Waals surface area (Å²) < 4.78 is 10.1. The van der Waals surface area contributed by atoms with Crippen molar-refractivity contribution >= 4 is 17.3 Å². The average molecular weight is 283 g/mol. The molecule has 8 heteroatoms. The Morgan fingerprint density at radius 3 is 2.40 bits per heavy atom. The molecule has 0 heterocycles. The minimum atomic E-state index is -0.554. The maximum Gasteiger partial charge on any atom is 0.296 e. The zero-order chi connectivity index (χ0) is 15.1. The third-order valence-corrected chi connectivity index (χ3v) is 2.51. The van der Waals surface area contributed by atoms with Gasteiger partial charge in [0.2, 0.25) is 5.91 Å². The number of nitro groups is 1. The molecule has 0 spiro atoms. The number of carbonyl (C=O) groups is 1. The van der Waals surface area contributed by atoms with Gasteiger partial charge in [-0.2, -0.15) is 0 Å². The van der Waals surface area contributed by atoms with Gasteiger partial charge in [-0.3, -0.25) is 14.9 Å². The van der Waals surface area contributed by atoms with Crippen LogP contribution in [0.2, 0.25) is 0 Å². The number of benzene rings is 1. The van der Waals surface area contributed by atoms with E-state index in [4.69, 9.17) is 9.47 Å². The zero-order valence-electron chi connectivity index (χ0n) is 11.6. The number of ether oxygens (including phenoxy) is 2. The van der Waals surface area contributed by atoms with Crippen molar-refractivity contribution in [1.29, 1.82) is 0 Å². The van der Waals surface area contributed by atoms with Crippen LogP contribution in [0.15, 0.2) is 12.1 Å². The molecule has 0 fully saturated rings. The zero-order valence-corrected chi connectivity index (χ0v) is 11.6. The standard InChI is InChI=1S/C12H17N3O5/c1-4-13-12(16)7-14-8-5-10(19-2)11(20-3)6-9(8)15(17)18/h5-6,14H,4,7H2,1-3H3,(H,13,16). The predicted octanol–water partition coefficient (Wildman–Crippen LogP) is 1.16. The quantitative estimate of drug-likeness (QED) is 0.575. The number of rotatable bonds is 7. The molecule has 0 bridgehead atoms. The molecule has 1 amide bonds. The van der Waals surface area contributed by atoms with E-state index in [1.54, 1.807) is 6.92 Å². The number of hydrogen-bond donors (Lipinski definition) is 2. The van der Waals surface area contributed by atoms with Gasteiger partial charge >= 0.3 is 0 Å². The number of amides is 1. The molecule has 2 N–H and O–H groups in total. The van der Waals surface area contributed by atoms with Crippen LogP contribution in [0.25, 0.3) is 0 Å². The highest BCUT2D eigenvalue weighted by atomic mass is 16.6. The van der Waals surface area contributed by atoms with Crippen LogP contribution >= 0.6 is 0 Å². The van der Waals surface area contributed by atoms with Gasteiger partial charge in [0.25, 0.3) is 5.69 Å². The molecule has 8 nitrogen and oxygen atoms in total. The van der Waals surface area contributed by atoms with Crippen molar-refractivity contribution in [2.75, 3.05) is 32.6 Å². The van der Waals surface area contributed by atoms with Gasteiger partial charge in [0, 0.05) is 12.6 Å². The van der Waals surface area contributed by atoms with Crippen LogP contribution in [0.3, 0.4) is 0 Å². The maximum absolute atomic E-state index is 11.4. The highest BCUT2D eigenvalue weighted by Crippen LogP contribution is 2.37. The lowest BCUT2D eigenvalue weighted by Gasteiger charge is -2.11. The molecular formula is C12H17N3O5. The SMILES string of the molecule is CCNC(=O)CNc1cc(OC)c(OC)cc1[N+](=O)[O-]. The Morgan fingerprint density at radius 2 is 1.90 bits per heavy atom. The van der Waals surface area contributed by atoms with Gasteiger partial charge in [0.15, 0.2) is 11.5 Å². The van der Waals surface area contributed by atoms with Crippen LogP contribution in [0.4, 0.5) is 11.4 Å². The van der Waals surface area contributed by atoms with Gasteiger partial charge in [0.1, 0.15) is 5.69 Å². The first-order chi connectivity index (χ1) is 9.53. The highest BCUT2D eigenvalue weighted by Gasteiger charge is 2.19. The second-order valence-electron chi connectivity index (χ2n) is 3.79. The molecule has 20 heavy (non-hydrogen) atoms. The molecule has 0 atom stereocenters. The van der Waals surface area contributed by atoms with Gasteiger partial charge in [-0.25, -0.2) is 0 Å². The first kappa shape index (κ1) is 15.5. The van der Waals surface area contributed by atoms with Crippen molar-refractivity contribution in [3.05, 3.63) is 22.2 Å². The van der Waals surface area contributed by atoms with Crippen molar-refractivity contribution in [2.24, 2.45) is 0 Å². The largest absolute Gasteiger partial charge is 0.493 e. The summed E-state index contributed by atoms with van der Waals surface area (Å²) in [5.41, 5.74) is 0.00542. The molecule has 1 aromatic rings. The highest BCUT2D eigenvalue weighted by molar-refractivity contribution is 5.82. The molecular weight excluding hydrogens is 266 g/mol. The van der Waals surface area contributed by atoms with Crippen molar-refractivity contribution < 1.29 is 19.2 Å². The van der Waals surface area contributed by atoms with Crippen LogP contribution in [0.5, 0.6) is 11.5 Å². The first-order valence-corrected chi connectivity index (χ1v) is 5.94. The number of nitrogens with one attached hydrogen (secondary N) is 2. The number of nitro benzene ring substituents is 1. The summed E-state index contributed by atoms with van der Waals surface area (Å²) in [7, 11) is 2.82. The Hall–Kier alpha value is -2.51. The monoisotopic (exact) mass is 283 g/mol. The number of methoxy groups -OCH3 is 2. The second kappa shape index (κ2) is 7.17. The van der Waals surface area contributed by atoms with E-state index in [0.717, 1.165) is 0 Å². The smallest absolute Gasteiger partial charge is 0.296 e. The van der Waals surface area contributed by atoms with Crippen molar-refractivity contribution in [3.63, 3.8) is 0 Å². The Balaban J connectivity index is 3.03. The number of hydrogen-bond acceptors (Lipinski definition) is 6. The predicted molar refractivity (Wildman–Crippen MR) is 73.4 cm³/mol. The fourth-order valence-corrected chi connectivity index (χ4v) is 1.60. The van der Waals surface area contributed by atoms with E-state index in [2.05, 4.69) is 10.6 Å². The number of nitrogens with zero attached hydrogens (tertiary/aromatic N) is 1. The lowest BCUT2D eigenvalue weighted by Crippen LogP contribution is -2.29. The normalized spacial score (nSPS) is 9.75. The van der Waals surface area contributed by atoms with Gasteiger partial charge in [-0.05, 0) is 6.92 Å². The number of likely N-dealkylation sites (N-methyl/N-ethyl adjacent to an activating group) is 1. The van der Waals surface area contributed by atoms with Gasteiger partial charge < -0.3 is 20.1 Å². The lowest BCUT2D eigenvalue weighted by atomic mass is 10.2. The maximum atomic E-state index is 11.4. The molecule has 1 rings (SSSR count). The van der Waals surface area contributed by atoms with Crippen LogP contribution in [-0.2, 0) is 4.79 Å². The number of carbonyl (C=O) groups excluding carboxylic acids is 1. The molecule has 110 valence electrons. The first-order valence-electron chi connectivity index (χ1n) is 5.94. The summed E-state index contributed by atoms with van der Waals surface area (Å²) in [6.45, 7) is 2.22. The van der Waals surface area contributed by atoms with Gasteiger partial charge in [0.05, 0.1) is 31.8 Å². The van der Waals surface area contributed by atoms with E-state index in [-0.39, 0.29) is 29.6 Å². The Labute approximate surface area is 116 Å². The minimum Gasteiger partial charge on any atom is -0.493 e. The third kappa shape index (κ3) is 3.74. The lowest BCUT2D eigenvalue weighted by molar-refractivity contribution is -0.384. The van der Waals surface area contributed by atoms with E-state index in [9.17, 15) is 14.9 Å². The fourth-order valence-electron chi connectivity index (χ4n) is 1.60. The molecule has 1 aromatic carbocycles. The van der Waals surface area contributed by atoms with E-state index in [1.165, 1.54) is 26.4 Å². The summed E-state index contributed by atoms with van der Waals surface area (Å²) in [4.78, 5) is 21.9. The third-order valence-electron chi connectivity index (χ3n) is 2.51. The van der Waals surface area contributed by atoms with Crippen LogP contribution in [-0.4, -0.2) is 38.1 Å². The van der Waals surface area contributed by atoms with E-state index in [1.807, 2.05) is 0 Å².